The molecule has 0 fully saturated rings. The third-order valence-electron chi connectivity index (χ3n) is 3.75. The maximum atomic E-state index is 14.4. The maximum Gasteiger partial charge on any atom is 0.156 e. The summed E-state index contributed by atoms with van der Waals surface area (Å²) in [5.41, 5.74) is 2.30. The molecule has 0 radical (unpaired) electrons. The number of hydrogen-bond donors (Lipinski definition) is 0. The molecule has 23 heavy (non-hydrogen) atoms. The normalized spacial score (nSPS) is 14.2. The number of aryl methyl sites for hydroxylation is 1. The third-order valence-corrected chi connectivity index (χ3v) is 4.45. The molecular formula is C17H13Cl2FN2O. The van der Waals surface area contributed by atoms with E-state index >= 15 is 0 Å². The van der Waals surface area contributed by atoms with Crippen LogP contribution in [0.5, 0.6) is 5.75 Å². The average Bonchev–Trinajstić information content (AvgIpc) is 3.00. The van der Waals surface area contributed by atoms with E-state index in [1.165, 1.54) is 12.1 Å². The highest BCUT2D eigenvalue weighted by atomic mass is 35.5. The molecule has 3 nitrogen and oxygen atoms in total. The van der Waals surface area contributed by atoms with Crippen LogP contribution in [0.15, 0.2) is 12.1 Å². The van der Waals surface area contributed by atoms with Crippen LogP contribution < -0.4 is 4.74 Å². The number of rotatable bonds is 3. The molecule has 3 rings (SSSR count). The molecule has 1 heterocycles. The van der Waals surface area contributed by atoms with Crippen molar-refractivity contribution in [3.05, 3.63) is 39.3 Å². The van der Waals surface area contributed by atoms with Crippen LogP contribution in [0, 0.1) is 18.2 Å². The van der Waals surface area contributed by atoms with Gasteiger partial charge in [0, 0.05) is 5.56 Å². The SMILES string of the molecule is C#CC(C)Oc1cc(-c2nnc3c(c2Cl)CCC3)c(F)cc1Cl. The molecule has 1 aliphatic rings. The highest BCUT2D eigenvalue weighted by Gasteiger charge is 2.23. The molecule has 0 saturated heterocycles. The molecule has 1 aliphatic carbocycles. The van der Waals surface area contributed by atoms with E-state index in [1.807, 2.05) is 0 Å². The number of fused-ring (bicyclic) bond motifs is 1. The third kappa shape index (κ3) is 2.99. The number of ether oxygens (including phenoxy) is 1. The summed E-state index contributed by atoms with van der Waals surface area (Å²) in [5, 5.41) is 8.82. The van der Waals surface area contributed by atoms with E-state index in [-0.39, 0.29) is 16.3 Å². The Bertz CT molecular complexity index is 817. The number of terminal acetylenes is 1. The first-order valence-corrected chi connectivity index (χ1v) is 7.93. The molecule has 0 saturated carbocycles. The molecular weight excluding hydrogens is 338 g/mol. The number of benzene rings is 1. The Morgan fingerprint density at radius 1 is 1.30 bits per heavy atom. The number of hydrogen-bond acceptors (Lipinski definition) is 3. The van der Waals surface area contributed by atoms with Gasteiger partial charge in [-0.1, -0.05) is 29.1 Å². The van der Waals surface area contributed by atoms with Gasteiger partial charge in [0.2, 0.25) is 0 Å². The van der Waals surface area contributed by atoms with Crippen LogP contribution >= 0.6 is 23.2 Å². The van der Waals surface area contributed by atoms with Crippen LogP contribution in [-0.4, -0.2) is 16.3 Å². The average molecular weight is 351 g/mol. The Kier molecular flexibility index (Phi) is 4.43. The van der Waals surface area contributed by atoms with Crippen molar-refractivity contribution in [2.24, 2.45) is 0 Å². The lowest BCUT2D eigenvalue weighted by molar-refractivity contribution is 0.279. The van der Waals surface area contributed by atoms with Crippen molar-refractivity contribution in [1.82, 2.24) is 10.2 Å². The number of nitrogens with zero attached hydrogens (tertiary/aromatic N) is 2. The fourth-order valence-corrected chi connectivity index (χ4v) is 3.11. The molecule has 1 aromatic carbocycles. The molecule has 0 amide bonds. The minimum absolute atomic E-state index is 0.138. The largest absolute Gasteiger partial charge is 0.476 e. The van der Waals surface area contributed by atoms with Crippen LogP contribution in [-0.2, 0) is 12.8 Å². The molecule has 118 valence electrons. The topological polar surface area (TPSA) is 35.0 Å². The smallest absolute Gasteiger partial charge is 0.156 e. The number of aromatic nitrogens is 2. The van der Waals surface area contributed by atoms with Crippen LogP contribution in [0.1, 0.15) is 24.6 Å². The zero-order valence-corrected chi connectivity index (χ0v) is 13.9. The van der Waals surface area contributed by atoms with Crippen LogP contribution in [0.25, 0.3) is 11.3 Å². The zero-order chi connectivity index (χ0) is 16.6. The van der Waals surface area contributed by atoms with Gasteiger partial charge in [0.25, 0.3) is 0 Å². The molecule has 0 aliphatic heterocycles. The van der Waals surface area contributed by atoms with E-state index in [4.69, 9.17) is 34.4 Å². The van der Waals surface area contributed by atoms with Crippen LogP contribution in [0.2, 0.25) is 10.0 Å². The van der Waals surface area contributed by atoms with E-state index in [0.717, 1.165) is 30.5 Å². The van der Waals surface area contributed by atoms with Gasteiger partial charge in [0.1, 0.15) is 17.3 Å². The Labute approximate surface area is 143 Å². The second kappa shape index (κ2) is 6.35. The first-order chi connectivity index (χ1) is 11.0. The van der Waals surface area contributed by atoms with Gasteiger partial charge < -0.3 is 4.74 Å². The molecule has 0 spiro atoms. The van der Waals surface area contributed by atoms with Crippen molar-refractivity contribution in [1.29, 1.82) is 0 Å². The fourth-order valence-electron chi connectivity index (χ4n) is 2.57. The van der Waals surface area contributed by atoms with E-state index in [1.54, 1.807) is 6.92 Å². The highest BCUT2D eigenvalue weighted by molar-refractivity contribution is 6.34. The summed E-state index contributed by atoms with van der Waals surface area (Å²) >= 11 is 12.4. The first-order valence-electron chi connectivity index (χ1n) is 7.17. The van der Waals surface area contributed by atoms with Gasteiger partial charge in [-0.05, 0) is 43.9 Å². The van der Waals surface area contributed by atoms with E-state index < -0.39 is 11.9 Å². The molecule has 1 unspecified atom stereocenters. The zero-order valence-electron chi connectivity index (χ0n) is 12.4. The van der Waals surface area contributed by atoms with Gasteiger partial charge in [-0.3, -0.25) is 0 Å². The molecule has 6 heteroatoms. The molecule has 2 aromatic rings. The molecule has 1 atom stereocenters. The summed E-state index contributed by atoms with van der Waals surface area (Å²) in [6.45, 7) is 1.70. The number of halogens is 3. The quantitative estimate of drug-likeness (QED) is 0.765. The van der Waals surface area contributed by atoms with Gasteiger partial charge in [0.05, 0.1) is 15.7 Å². The molecule has 1 aromatic heterocycles. The second-order valence-electron chi connectivity index (χ2n) is 5.33. The summed E-state index contributed by atoms with van der Waals surface area (Å²) < 4.78 is 19.9. The Morgan fingerprint density at radius 3 is 2.83 bits per heavy atom. The van der Waals surface area contributed by atoms with E-state index in [2.05, 4.69) is 16.1 Å². The molecule has 0 bridgehead atoms. The fraction of sp³-hybridized carbons (Fsp3) is 0.294. The van der Waals surface area contributed by atoms with Gasteiger partial charge in [-0.2, -0.15) is 5.10 Å². The van der Waals surface area contributed by atoms with E-state index in [9.17, 15) is 4.39 Å². The van der Waals surface area contributed by atoms with Crippen molar-refractivity contribution in [2.45, 2.75) is 32.3 Å². The van der Waals surface area contributed by atoms with Crippen molar-refractivity contribution in [2.75, 3.05) is 0 Å². The predicted octanol–water partition coefficient (Wildman–Crippen LogP) is 4.48. The molecule has 0 N–H and O–H groups in total. The van der Waals surface area contributed by atoms with Crippen LogP contribution in [0.4, 0.5) is 4.39 Å². The summed E-state index contributed by atoms with van der Waals surface area (Å²) in [7, 11) is 0. The summed E-state index contributed by atoms with van der Waals surface area (Å²) in [5.74, 6) is 2.18. The standard InChI is InChI=1S/C17H13Cl2FN2O/c1-3-9(2)23-15-7-11(13(20)8-12(15)18)17-16(19)10-5-4-6-14(10)21-22-17/h1,7-9H,4-6H2,2H3. The summed E-state index contributed by atoms with van der Waals surface area (Å²) in [6.07, 6.45) is 7.45. The lowest BCUT2D eigenvalue weighted by Gasteiger charge is -2.14. The monoisotopic (exact) mass is 350 g/mol. The van der Waals surface area contributed by atoms with Gasteiger partial charge in [0.15, 0.2) is 6.10 Å². The van der Waals surface area contributed by atoms with Crippen molar-refractivity contribution in [3.8, 4) is 29.4 Å². The minimum atomic E-state index is -0.537. The first kappa shape index (κ1) is 16.0. The Morgan fingerprint density at radius 2 is 2.09 bits per heavy atom. The van der Waals surface area contributed by atoms with Crippen molar-refractivity contribution in [3.63, 3.8) is 0 Å². The summed E-state index contributed by atoms with van der Waals surface area (Å²) in [6, 6.07) is 2.63. The van der Waals surface area contributed by atoms with Gasteiger partial charge in [-0.25, -0.2) is 4.39 Å². The maximum absolute atomic E-state index is 14.4. The highest BCUT2D eigenvalue weighted by Crippen LogP contribution is 2.38. The lowest BCUT2D eigenvalue weighted by atomic mass is 10.1. The Balaban J connectivity index is 2.10. The van der Waals surface area contributed by atoms with Gasteiger partial charge in [-0.15, -0.1) is 11.5 Å². The van der Waals surface area contributed by atoms with Gasteiger partial charge >= 0.3 is 0 Å². The predicted molar refractivity (Wildman–Crippen MR) is 88.4 cm³/mol. The lowest BCUT2D eigenvalue weighted by Crippen LogP contribution is -2.09. The Hall–Kier alpha value is -1.83. The van der Waals surface area contributed by atoms with E-state index in [0.29, 0.717) is 10.7 Å². The van der Waals surface area contributed by atoms with Crippen LogP contribution in [0.3, 0.4) is 0 Å². The summed E-state index contributed by atoms with van der Waals surface area (Å²) in [4.78, 5) is 0. The van der Waals surface area contributed by atoms with Crippen molar-refractivity contribution >= 4 is 23.2 Å². The second-order valence-corrected chi connectivity index (χ2v) is 6.12. The minimum Gasteiger partial charge on any atom is -0.476 e. The van der Waals surface area contributed by atoms with Crippen molar-refractivity contribution < 1.29 is 9.13 Å².